The first-order valence-electron chi connectivity index (χ1n) is 9.51. The zero-order chi connectivity index (χ0) is 19.5. The molecule has 3 aromatic rings. The van der Waals surface area contributed by atoms with Gasteiger partial charge in [0.1, 0.15) is 0 Å². The molecule has 0 saturated carbocycles. The van der Waals surface area contributed by atoms with Gasteiger partial charge in [-0.05, 0) is 31.5 Å². The molecule has 1 unspecified atom stereocenters. The topological polar surface area (TPSA) is 89.9 Å². The maximum absolute atomic E-state index is 11.6. The molecule has 1 saturated heterocycles. The Kier molecular flexibility index (Phi) is 5.16. The molecule has 4 rings (SSSR count). The van der Waals surface area contributed by atoms with E-state index in [2.05, 4.69) is 26.2 Å². The monoisotopic (exact) mass is 376 g/mol. The van der Waals surface area contributed by atoms with Crippen molar-refractivity contribution in [3.05, 3.63) is 65.9 Å². The van der Waals surface area contributed by atoms with Crippen LogP contribution in [-0.4, -0.2) is 43.6 Å². The van der Waals surface area contributed by atoms with Crippen molar-refractivity contribution in [1.82, 2.24) is 24.6 Å². The van der Waals surface area contributed by atoms with E-state index in [4.69, 9.17) is 5.73 Å². The fourth-order valence-corrected chi connectivity index (χ4v) is 3.92. The zero-order valence-electron chi connectivity index (χ0n) is 16.0. The molecule has 1 atom stereocenters. The van der Waals surface area contributed by atoms with Gasteiger partial charge in [-0.1, -0.05) is 12.1 Å². The first kappa shape index (κ1) is 18.3. The summed E-state index contributed by atoms with van der Waals surface area (Å²) in [4.78, 5) is 23.3. The molecule has 0 bridgehead atoms. The van der Waals surface area contributed by atoms with E-state index in [0.717, 1.165) is 49.4 Å². The lowest BCUT2D eigenvalue weighted by Gasteiger charge is -2.32. The van der Waals surface area contributed by atoms with Crippen molar-refractivity contribution in [2.75, 3.05) is 13.1 Å². The Morgan fingerprint density at radius 2 is 2.14 bits per heavy atom. The van der Waals surface area contributed by atoms with Crippen LogP contribution in [0, 0.1) is 0 Å². The highest BCUT2D eigenvalue weighted by Crippen LogP contribution is 2.32. The summed E-state index contributed by atoms with van der Waals surface area (Å²) in [6.45, 7) is 2.88. The number of aryl methyl sites for hydroxylation is 1. The van der Waals surface area contributed by atoms with Gasteiger partial charge in [0.15, 0.2) is 0 Å². The van der Waals surface area contributed by atoms with Crippen LogP contribution in [0.15, 0.2) is 49.1 Å². The van der Waals surface area contributed by atoms with Gasteiger partial charge in [0, 0.05) is 61.3 Å². The average molecular weight is 376 g/mol. The second kappa shape index (κ2) is 7.90. The molecule has 0 aliphatic carbocycles. The minimum atomic E-state index is -0.437. The van der Waals surface area contributed by atoms with Crippen molar-refractivity contribution < 1.29 is 4.79 Å². The number of amides is 1. The van der Waals surface area contributed by atoms with E-state index in [9.17, 15) is 4.79 Å². The third-order valence-electron chi connectivity index (χ3n) is 5.20. The highest BCUT2D eigenvalue weighted by molar-refractivity contribution is 5.94. The Balaban J connectivity index is 1.59. The third-order valence-corrected chi connectivity index (χ3v) is 5.20. The summed E-state index contributed by atoms with van der Waals surface area (Å²) in [5.74, 6) is -0.140. The van der Waals surface area contributed by atoms with E-state index in [1.807, 2.05) is 30.1 Å². The summed E-state index contributed by atoms with van der Waals surface area (Å²) < 4.78 is 1.84. The molecule has 0 radical (unpaired) electrons. The minimum absolute atomic E-state index is 0.298. The smallest absolute Gasteiger partial charge is 0.248 e. The summed E-state index contributed by atoms with van der Waals surface area (Å²) in [5, 5.41) is 4.27. The van der Waals surface area contributed by atoms with Gasteiger partial charge in [-0.15, -0.1) is 0 Å². The van der Waals surface area contributed by atoms with Gasteiger partial charge >= 0.3 is 0 Å². The molecule has 3 heterocycles. The molecule has 1 amide bonds. The van der Waals surface area contributed by atoms with Crippen molar-refractivity contribution in [3.8, 4) is 11.3 Å². The molecule has 1 aromatic carbocycles. The van der Waals surface area contributed by atoms with Crippen LogP contribution in [0.3, 0.4) is 0 Å². The SMILES string of the molecule is Cn1cc(CN2CCCC(c3nccnc3-c3cccc(C(N)=O)c3)C2)cn1. The van der Waals surface area contributed by atoms with E-state index >= 15 is 0 Å². The second-order valence-corrected chi connectivity index (χ2v) is 7.33. The summed E-state index contributed by atoms with van der Waals surface area (Å²) in [6, 6.07) is 7.31. The quantitative estimate of drug-likeness (QED) is 0.738. The molecular weight excluding hydrogens is 352 g/mol. The number of rotatable bonds is 5. The van der Waals surface area contributed by atoms with E-state index in [-0.39, 0.29) is 0 Å². The number of hydrogen-bond donors (Lipinski definition) is 1. The molecule has 2 N–H and O–H groups in total. The predicted octanol–water partition coefficient (Wildman–Crippen LogP) is 2.36. The Hall–Kier alpha value is -3.06. The average Bonchev–Trinajstić information content (AvgIpc) is 3.13. The number of piperidine rings is 1. The number of carbonyl (C=O) groups is 1. The number of nitrogens with two attached hydrogens (primary N) is 1. The Bertz CT molecular complexity index is 982. The lowest BCUT2D eigenvalue weighted by Crippen LogP contribution is -2.34. The maximum atomic E-state index is 11.6. The molecule has 28 heavy (non-hydrogen) atoms. The Morgan fingerprint density at radius 3 is 2.93 bits per heavy atom. The summed E-state index contributed by atoms with van der Waals surface area (Å²) >= 11 is 0. The Morgan fingerprint density at radius 1 is 1.29 bits per heavy atom. The van der Waals surface area contributed by atoms with Crippen molar-refractivity contribution in [2.45, 2.75) is 25.3 Å². The number of likely N-dealkylation sites (tertiary alicyclic amines) is 1. The van der Waals surface area contributed by atoms with Crippen LogP contribution < -0.4 is 5.73 Å². The van der Waals surface area contributed by atoms with E-state index in [0.29, 0.717) is 11.5 Å². The van der Waals surface area contributed by atoms with Crippen LogP contribution in [0.2, 0.25) is 0 Å². The highest BCUT2D eigenvalue weighted by atomic mass is 16.1. The molecule has 1 aliphatic heterocycles. The number of aromatic nitrogens is 4. The lowest BCUT2D eigenvalue weighted by atomic mass is 9.91. The van der Waals surface area contributed by atoms with Crippen LogP contribution in [0.4, 0.5) is 0 Å². The molecule has 144 valence electrons. The fourth-order valence-electron chi connectivity index (χ4n) is 3.92. The van der Waals surface area contributed by atoms with Gasteiger partial charge < -0.3 is 5.73 Å². The fraction of sp³-hybridized carbons (Fsp3) is 0.333. The summed E-state index contributed by atoms with van der Waals surface area (Å²) in [6.07, 6.45) is 9.62. The number of benzene rings is 1. The molecule has 2 aromatic heterocycles. The molecule has 7 nitrogen and oxygen atoms in total. The van der Waals surface area contributed by atoms with Crippen molar-refractivity contribution in [1.29, 1.82) is 0 Å². The van der Waals surface area contributed by atoms with Crippen molar-refractivity contribution in [3.63, 3.8) is 0 Å². The molecule has 1 aliphatic rings. The van der Waals surface area contributed by atoms with Gasteiger partial charge in [-0.25, -0.2) is 0 Å². The van der Waals surface area contributed by atoms with Gasteiger partial charge in [-0.2, -0.15) is 5.10 Å². The Labute approximate surface area is 164 Å². The highest BCUT2D eigenvalue weighted by Gasteiger charge is 2.25. The number of nitrogens with zero attached hydrogens (tertiary/aromatic N) is 5. The predicted molar refractivity (Wildman–Crippen MR) is 106 cm³/mol. The standard InChI is InChI=1S/C21H24N6O/c1-26-12-15(11-25-26)13-27-9-3-6-18(14-27)20-19(23-7-8-24-20)16-4-2-5-17(10-16)21(22)28/h2,4-5,7-8,10-12,18H,3,6,9,13-14H2,1H3,(H2,22,28). The van der Waals surface area contributed by atoms with Crippen LogP contribution in [0.25, 0.3) is 11.3 Å². The first-order valence-corrected chi connectivity index (χ1v) is 9.51. The van der Waals surface area contributed by atoms with Crippen LogP contribution in [0.5, 0.6) is 0 Å². The van der Waals surface area contributed by atoms with E-state index in [1.165, 1.54) is 5.56 Å². The summed E-state index contributed by atoms with van der Waals surface area (Å²) in [7, 11) is 1.94. The number of primary amides is 1. The second-order valence-electron chi connectivity index (χ2n) is 7.33. The van der Waals surface area contributed by atoms with E-state index in [1.54, 1.807) is 24.5 Å². The van der Waals surface area contributed by atoms with E-state index < -0.39 is 5.91 Å². The molecule has 0 spiro atoms. The van der Waals surface area contributed by atoms with Crippen LogP contribution in [-0.2, 0) is 13.6 Å². The maximum Gasteiger partial charge on any atom is 0.248 e. The van der Waals surface area contributed by atoms with Crippen LogP contribution in [0.1, 0.15) is 40.4 Å². The molecule has 7 heteroatoms. The normalized spacial score (nSPS) is 17.5. The zero-order valence-corrected chi connectivity index (χ0v) is 16.0. The van der Waals surface area contributed by atoms with Gasteiger partial charge in [0.2, 0.25) is 5.91 Å². The van der Waals surface area contributed by atoms with Gasteiger partial charge in [0.05, 0.1) is 17.6 Å². The largest absolute Gasteiger partial charge is 0.366 e. The third kappa shape index (κ3) is 3.94. The number of hydrogen-bond acceptors (Lipinski definition) is 5. The molecule has 1 fully saturated rings. The van der Waals surface area contributed by atoms with Crippen molar-refractivity contribution in [2.24, 2.45) is 12.8 Å². The van der Waals surface area contributed by atoms with Crippen molar-refractivity contribution >= 4 is 5.91 Å². The van der Waals surface area contributed by atoms with Gasteiger partial charge in [-0.3, -0.25) is 24.3 Å². The summed E-state index contributed by atoms with van der Waals surface area (Å²) in [5.41, 5.74) is 9.84. The van der Waals surface area contributed by atoms with Gasteiger partial charge in [0.25, 0.3) is 0 Å². The molecular formula is C21H24N6O. The number of carbonyl (C=O) groups excluding carboxylic acids is 1. The minimum Gasteiger partial charge on any atom is -0.366 e. The first-order chi connectivity index (χ1) is 13.6. The van der Waals surface area contributed by atoms with Crippen LogP contribution >= 0.6 is 0 Å². The lowest BCUT2D eigenvalue weighted by molar-refractivity contribution is 0.100.